The summed E-state index contributed by atoms with van der Waals surface area (Å²) in [7, 11) is 0. The molecule has 1 N–H and O–H groups in total. The van der Waals surface area contributed by atoms with Crippen LogP contribution in [0.25, 0.3) is 22.4 Å². The number of amides is 1. The lowest BCUT2D eigenvalue weighted by Gasteiger charge is -2.49. The van der Waals surface area contributed by atoms with Gasteiger partial charge in [0.2, 0.25) is 5.91 Å². The second-order valence-electron chi connectivity index (χ2n) is 10.7. The lowest BCUT2D eigenvalue weighted by atomic mass is 9.75. The zero-order chi connectivity index (χ0) is 23.6. The van der Waals surface area contributed by atoms with Crippen LogP contribution in [-0.4, -0.2) is 51.0 Å². The molecule has 3 aromatic rings. The van der Waals surface area contributed by atoms with Crippen LogP contribution in [0.3, 0.4) is 0 Å². The Balaban J connectivity index is 1.07. The SMILES string of the molecule is O=C(NC1CCCCC1)[C@H]1CN2CCC1C[C@@H]2Cn1cc(-c2ccc(-c3ccccc3)cc2)nn1. The fourth-order valence-corrected chi connectivity index (χ4v) is 6.38. The Morgan fingerprint density at radius 3 is 2.40 bits per heavy atom. The largest absolute Gasteiger partial charge is 0.353 e. The quantitative estimate of drug-likeness (QED) is 0.565. The van der Waals surface area contributed by atoms with E-state index in [1.807, 2.05) is 10.7 Å². The molecule has 0 spiro atoms. The molecule has 1 aliphatic carbocycles. The van der Waals surface area contributed by atoms with E-state index < -0.39 is 0 Å². The first-order chi connectivity index (χ1) is 17.2. The molecule has 1 amide bonds. The molecule has 1 saturated carbocycles. The number of nitrogens with one attached hydrogen (secondary N) is 1. The third-order valence-electron chi connectivity index (χ3n) is 8.39. The van der Waals surface area contributed by atoms with Crippen LogP contribution >= 0.6 is 0 Å². The van der Waals surface area contributed by atoms with Gasteiger partial charge in [-0.2, -0.15) is 0 Å². The van der Waals surface area contributed by atoms with Crippen molar-refractivity contribution in [1.29, 1.82) is 0 Å². The molecule has 4 fully saturated rings. The van der Waals surface area contributed by atoms with Crippen molar-refractivity contribution in [2.45, 2.75) is 63.6 Å². The number of carbonyl (C=O) groups excluding carboxylic acids is 1. The molecule has 2 bridgehead atoms. The second kappa shape index (κ2) is 9.94. The monoisotopic (exact) mass is 469 g/mol. The molecule has 2 unspecified atom stereocenters. The van der Waals surface area contributed by atoms with Gasteiger partial charge in [-0.05, 0) is 49.3 Å². The zero-order valence-electron chi connectivity index (χ0n) is 20.4. The molecule has 182 valence electrons. The second-order valence-corrected chi connectivity index (χ2v) is 10.7. The Labute approximate surface area is 207 Å². The van der Waals surface area contributed by atoms with Gasteiger partial charge < -0.3 is 5.32 Å². The van der Waals surface area contributed by atoms with Gasteiger partial charge in [0.15, 0.2) is 0 Å². The molecule has 6 heteroatoms. The molecule has 1 aromatic heterocycles. The predicted molar refractivity (Wildman–Crippen MR) is 137 cm³/mol. The first-order valence-electron chi connectivity index (χ1n) is 13.3. The Morgan fingerprint density at radius 2 is 1.66 bits per heavy atom. The minimum Gasteiger partial charge on any atom is -0.353 e. The summed E-state index contributed by atoms with van der Waals surface area (Å²) in [6.07, 6.45) is 10.4. The maximum atomic E-state index is 13.0. The van der Waals surface area contributed by atoms with Crippen LogP contribution in [0.5, 0.6) is 0 Å². The lowest BCUT2D eigenvalue weighted by Crippen LogP contribution is -2.58. The van der Waals surface area contributed by atoms with Crippen molar-refractivity contribution in [2.24, 2.45) is 11.8 Å². The van der Waals surface area contributed by atoms with Crippen molar-refractivity contribution >= 4 is 5.91 Å². The number of nitrogens with zero attached hydrogens (tertiary/aromatic N) is 4. The molecular formula is C29H35N5O. The van der Waals surface area contributed by atoms with E-state index in [0.717, 1.165) is 56.6 Å². The standard InChI is InChI=1S/C29H35N5O/c35-29(30-25-9-5-2-6-10-25)27-19-33-16-15-24(27)17-26(33)18-34-20-28(31-32-34)23-13-11-22(12-14-23)21-7-3-1-4-8-21/h1,3-4,7-8,11-14,20,24-27H,2,5-6,9-10,15-19H2,(H,30,35)/t24?,26-,27+/m1/s1. The molecular weight excluding hydrogens is 434 g/mol. The van der Waals surface area contributed by atoms with Crippen molar-refractivity contribution in [1.82, 2.24) is 25.2 Å². The molecule has 4 atom stereocenters. The van der Waals surface area contributed by atoms with Gasteiger partial charge in [-0.15, -0.1) is 5.10 Å². The number of hydrogen-bond donors (Lipinski definition) is 1. The van der Waals surface area contributed by atoms with Crippen molar-refractivity contribution in [2.75, 3.05) is 13.1 Å². The van der Waals surface area contributed by atoms with E-state index in [1.165, 1.54) is 30.4 Å². The van der Waals surface area contributed by atoms with Crippen molar-refractivity contribution in [3.63, 3.8) is 0 Å². The van der Waals surface area contributed by atoms with Crippen molar-refractivity contribution in [3.05, 3.63) is 60.8 Å². The summed E-state index contributed by atoms with van der Waals surface area (Å²) in [5.41, 5.74) is 4.41. The molecule has 7 rings (SSSR count). The Bertz CT molecular complexity index is 1140. The number of rotatable bonds is 6. The van der Waals surface area contributed by atoms with Crippen LogP contribution in [0.2, 0.25) is 0 Å². The van der Waals surface area contributed by atoms with Gasteiger partial charge in [-0.1, -0.05) is 79.1 Å². The number of hydrogen-bond acceptors (Lipinski definition) is 4. The first-order valence-corrected chi connectivity index (χ1v) is 13.3. The molecule has 2 aromatic carbocycles. The van der Waals surface area contributed by atoms with Crippen LogP contribution in [0.15, 0.2) is 60.8 Å². The van der Waals surface area contributed by atoms with Gasteiger partial charge in [0.1, 0.15) is 5.69 Å². The summed E-state index contributed by atoms with van der Waals surface area (Å²) in [5, 5.41) is 12.3. The number of fused-ring (bicyclic) bond motifs is 3. The van der Waals surface area contributed by atoms with Crippen LogP contribution in [-0.2, 0) is 11.3 Å². The number of carbonyl (C=O) groups is 1. The Kier molecular flexibility index (Phi) is 6.38. The third kappa shape index (κ3) is 4.90. The molecule has 35 heavy (non-hydrogen) atoms. The molecule has 6 nitrogen and oxygen atoms in total. The van der Waals surface area contributed by atoms with Gasteiger partial charge in [-0.3, -0.25) is 14.4 Å². The van der Waals surface area contributed by atoms with Gasteiger partial charge >= 0.3 is 0 Å². The smallest absolute Gasteiger partial charge is 0.224 e. The lowest BCUT2D eigenvalue weighted by molar-refractivity contribution is -0.134. The van der Waals surface area contributed by atoms with Crippen molar-refractivity contribution in [3.8, 4) is 22.4 Å². The van der Waals surface area contributed by atoms with Gasteiger partial charge in [0.25, 0.3) is 0 Å². The van der Waals surface area contributed by atoms with Crippen molar-refractivity contribution < 1.29 is 4.79 Å². The highest BCUT2D eigenvalue weighted by molar-refractivity contribution is 5.79. The van der Waals surface area contributed by atoms with Crippen LogP contribution in [0.1, 0.15) is 44.9 Å². The highest BCUT2D eigenvalue weighted by Gasteiger charge is 2.43. The first kappa shape index (κ1) is 22.5. The maximum absolute atomic E-state index is 13.0. The van der Waals surface area contributed by atoms with E-state index in [2.05, 4.69) is 75.3 Å². The highest BCUT2D eigenvalue weighted by atomic mass is 16.2. The number of aromatic nitrogens is 3. The average molecular weight is 470 g/mol. The van der Waals surface area contributed by atoms with E-state index in [9.17, 15) is 4.79 Å². The van der Waals surface area contributed by atoms with Crippen LogP contribution in [0.4, 0.5) is 0 Å². The fourth-order valence-electron chi connectivity index (χ4n) is 6.38. The van der Waals surface area contributed by atoms with E-state index in [1.54, 1.807) is 0 Å². The normalized spacial score (nSPS) is 26.5. The summed E-state index contributed by atoms with van der Waals surface area (Å²) in [6, 6.07) is 19.8. The third-order valence-corrected chi connectivity index (χ3v) is 8.39. The molecule has 4 heterocycles. The molecule has 3 saturated heterocycles. The molecule has 3 aliphatic heterocycles. The van der Waals surface area contributed by atoms with Crippen LogP contribution in [0, 0.1) is 11.8 Å². The van der Waals surface area contributed by atoms with Gasteiger partial charge in [-0.25, -0.2) is 0 Å². The summed E-state index contributed by atoms with van der Waals surface area (Å²) in [6.45, 7) is 2.81. The Hall–Kier alpha value is -2.99. The van der Waals surface area contributed by atoms with E-state index in [0.29, 0.717) is 23.9 Å². The molecule has 4 aliphatic rings. The Morgan fingerprint density at radius 1 is 0.914 bits per heavy atom. The fraction of sp³-hybridized carbons (Fsp3) is 0.483. The number of benzene rings is 2. The summed E-state index contributed by atoms with van der Waals surface area (Å²) in [4.78, 5) is 15.5. The topological polar surface area (TPSA) is 63.1 Å². The highest BCUT2D eigenvalue weighted by Crippen LogP contribution is 2.37. The summed E-state index contributed by atoms with van der Waals surface area (Å²) < 4.78 is 1.99. The van der Waals surface area contributed by atoms with Gasteiger partial charge in [0, 0.05) is 24.2 Å². The maximum Gasteiger partial charge on any atom is 0.224 e. The molecule has 0 radical (unpaired) electrons. The van der Waals surface area contributed by atoms with E-state index in [4.69, 9.17) is 0 Å². The minimum atomic E-state index is 0.149. The van der Waals surface area contributed by atoms with Gasteiger partial charge in [0.05, 0.1) is 18.7 Å². The van der Waals surface area contributed by atoms with E-state index >= 15 is 0 Å². The average Bonchev–Trinajstić information content (AvgIpc) is 3.39. The summed E-state index contributed by atoms with van der Waals surface area (Å²) >= 11 is 0. The zero-order valence-corrected chi connectivity index (χ0v) is 20.4. The number of piperidine rings is 3. The summed E-state index contributed by atoms with van der Waals surface area (Å²) in [5.74, 6) is 0.936. The minimum absolute atomic E-state index is 0.149. The van der Waals surface area contributed by atoms with E-state index in [-0.39, 0.29) is 5.92 Å². The van der Waals surface area contributed by atoms with Crippen LogP contribution < -0.4 is 5.32 Å². The predicted octanol–water partition coefficient (Wildman–Crippen LogP) is 4.77.